The molecule has 18 heavy (non-hydrogen) atoms. The van der Waals surface area contributed by atoms with E-state index in [2.05, 4.69) is 18.8 Å². The molecule has 0 aliphatic heterocycles. The molecule has 0 saturated carbocycles. The van der Waals surface area contributed by atoms with Gasteiger partial charge in [0, 0.05) is 16.6 Å². The van der Waals surface area contributed by atoms with E-state index in [1.807, 2.05) is 6.92 Å². The van der Waals surface area contributed by atoms with Crippen molar-refractivity contribution < 1.29 is 4.39 Å². The van der Waals surface area contributed by atoms with Gasteiger partial charge in [0.05, 0.1) is 0 Å². The third kappa shape index (κ3) is 4.79. The van der Waals surface area contributed by atoms with Crippen molar-refractivity contribution in [3.8, 4) is 0 Å². The largest absolute Gasteiger partial charge is 0.310 e. The maximum Gasteiger partial charge on any atom is 0.129 e. The zero-order valence-electron chi connectivity index (χ0n) is 11.1. The quantitative estimate of drug-likeness (QED) is 0.696. The van der Waals surface area contributed by atoms with Crippen molar-refractivity contribution in [2.24, 2.45) is 0 Å². The number of nitrogens with one attached hydrogen (secondary N) is 1. The van der Waals surface area contributed by atoms with Crippen LogP contribution in [0.3, 0.4) is 0 Å². The van der Waals surface area contributed by atoms with Crippen LogP contribution in [0.25, 0.3) is 0 Å². The van der Waals surface area contributed by atoms with Gasteiger partial charge < -0.3 is 5.32 Å². The van der Waals surface area contributed by atoms with Crippen molar-refractivity contribution in [2.45, 2.75) is 39.2 Å². The van der Waals surface area contributed by atoms with Crippen LogP contribution in [0.15, 0.2) is 30.4 Å². The van der Waals surface area contributed by atoms with Gasteiger partial charge in [-0.2, -0.15) is 0 Å². The lowest BCUT2D eigenvalue weighted by Crippen LogP contribution is -2.23. The summed E-state index contributed by atoms with van der Waals surface area (Å²) in [5.41, 5.74) is 1.81. The molecule has 0 amide bonds. The number of hydrogen-bond acceptors (Lipinski definition) is 1. The summed E-state index contributed by atoms with van der Waals surface area (Å²) in [6, 6.07) is 4.90. The molecule has 0 aliphatic carbocycles. The molecule has 1 aromatic rings. The van der Waals surface area contributed by atoms with Crippen LogP contribution in [-0.4, -0.2) is 6.54 Å². The monoisotopic (exact) mass is 269 g/mol. The molecule has 0 heterocycles. The smallest absolute Gasteiger partial charge is 0.129 e. The third-order valence-corrected chi connectivity index (χ3v) is 3.07. The van der Waals surface area contributed by atoms with Crippen molar-refractivity contribution in [1.29, 1.82) is 0 Å². The van der Waals surface area contributed by atoms with Crippen LogP contribution in [0, 0.1) is 5.82 Å². The van der Waals surface area contributed by atoms with E-state index in [1.54, 1.807) is 12.1 Å². The minimum absolute atomic E-state index is 0.0268. The van der Waals surface area contributed by atoms with Gasteiger partial charge in [-0.3, -0.25) is 0 Å². The van der Waals surface area contributed by atoms with Crippen LogP contribution in [0.4, 0.5) is 4.39 Å². The fourth-order valence-electron chi connectivity index (χ4n) is 1.86. The highest BCUT2D eigenvalue weighted by Gasteiger charge is 2.15. The molecule has 0 saturated heterocycles. The molecular weight excluding hydrogens is 249 g/mol. The summed E-state index contributed by atoms with van der Waals surface area (Å²) >= 11 is 5.78. The van der Waals surface area contributed by atoms with Crippen LogP contribution >= 0.6 is 11.6 Å². The zero-order chi connectivity index (χ0) is 13.5. The lowest BCUT2D eigenvalue weighted by atomic mass is 9.99. The molecule has 0 aliphatic rings. The van der Waals surface area contributed by atoms with E-state index in [4.69, 9.17) is 11.6 Å². The molecule has 0 radical (unpaired) electrons. The lowest BCUT2D eigenvalue weighted by Gasteiger charge is -2.20. The predicted molar refractivity (Wildman–Crippen MR) is 76.5 cm³/mol. The summed E-state index contributed by atoms with van der Waals surface area (Å²) < 4.78 is 13.9. The van der Waals surface area contributed by atoms with Gasteiger partial charge in [0.25, 0.3) is 0 Å². The lowest BCUT2D eigenvalue weighted by molar-refractivity contribution is 0.473. The standard InChI is InChI=1S/C15H21ClFN/c1-4-9-18-15(8-5-11(2)3)13-7-6-12(16)10-14(13)17/h6-7,10,15,18H,2,4-5,8-9H2,1,3H3. The number of hydrogen-bond donors (Lipinski definition) is 1. The predicted octanol–water partition coefficient (Wildman–Crippen LogP) is 4.88. The van der Waals surface area contributed by atoms with E-state index in [0.29, 0.717) is 10.6 Å². The summed E-state index contributed by atoms with van der Waals surface area (Å²) in [4.78, 5) is 0. The van der Waals surface area contributed by atoms with Crippen molar-refractivity contribution >= 4 is 11.6 Å². The minimum Gasteiger partial charge on any atom is -0.310 e. The molecule has 0 aromatic heterocycles. The fraction of sp³-hybridized carbons (Fsp3) is 0.467. The van der Waals surface area contributed by atoms with E-state index >= 15 is 0 Å². The maximum absolute atomic E-state index is 13.9. The zero-order valence-corrected chi connectivity index (χ0v) is 11.9. The summed E-state index contributed by atoms with van der Waals surface area (Å²) in [6.45, 7) is 8.87. The molecule has 1 N–H and O–H groups in total. The molecule has 0 spiro atoms. The Morgan fingerprint density at radius 1 is 1.50 bits per heavy atom. The van der Waals surface area contributed by atoms with E-state index in [0.717, 1.165) is 31.4 Å². The SMILES string of the molecule is C=C(C)CCC(NCCC)c1ccc(Cl)cc1F. The van der Waals surface area contributed by atoms with Crippen molar-refractivity contribution in [3.63, 3.8) is 0 Å². The van der Waals surface area contributed by atoms with Gasteiger partial charge >= 0.3 is 0 Å². The Bertz CT molecular complexity index is 403. The van der Waals surface area contributed by atoms with Crippen molar-refractivity contribution in [3.05, 3.63) is 46.8 Å². The summed E-state index contributed by atoms with van der Waals surface area (Å²) in [6.07, 6.45) is 2.77. The van der Waals surface area contributed by atoms with Crippen LogP contribution in [0.2, 0.25) is 5.02 Å². The molecule has 1 nitrogen and oxygen atoms in total. The molecule has 1 unspecified atom stereocenters. The second-order valence-electron chi connectivity index (χ2n) is 4.67. The van der Waals surface area contributed by atoms with Gasteiger partial charge in [0.15, 0.2) is 0 Å². The Hall–Kier alpha value is -0.860. The molecular formula is C15H21ClFN. The van der Waals surface area contributed by atoms with Gasteiger partial charge in [0.1, 0.15) is 5.82 Å². The molecule has 1 rings (SSSR count). The molecule has 0 fully saturated rings. The van der Waals surface area contributed by atoms with Crippen LogP contribution < -0.4 is 5.32 Å². The average Bonchev–Trinajstić information content (AvgIpc) is 2.30. The van der Waals surface area contributed by atoms with Gasteiger partial charge in [-0.25, -0.2) is 4.39 Å². The Kier molecular flexibility index (Phi) is 6.37. The first-order valence-electron chi connectivity index (χ1n) is 6.37. The fourth-order valence-corrected chi connectivity index (χ4v) is 2.02. The third-order valence-electron chi connectivity index (χ3n) is 2.84. The first kappa shape index (κ1) is 15.2. The topological polar surface area (TPSA) is 12.0 Å². The summed E-state index contributed by atoms with van der Waals surface area (Å²) in [5.74, 6) is -0.238. The van der Waals surface area contributed by atoms with Gasteiger partial charge in [-0.1, -0.05) is 30.2 Å². The first-order valence-corrected chi connectivity index (χ1v) is 6.75. The molecule has 100 valence electrons. The Morgan fingerprint density at radius 2 is 2.22 bits per heavy atom. The van der Waals surface area contributed by atoms with E-state index < -0.39 is 0 Å². The van der Waals surface area contributed by atoms with Crippen LogP contribution in [0.5, 0.6) is 0 Å². The van der Waals surface area contributed by atoms with Gasteiger partial charge in [-0.05, 0) is 44.9 Å². The highest BCUT2D eigenvalue weighted by atomic mass is 35.5. The van der Waals surface area contributed by atoms with Crippen molar-refractivity contribution in [2.75, 3.05) is 6.54 Å². The van der Waals surface area contributed by atoms with Crippen LogP contribution in [0.1, 0.15) is 44.7 Å². The number of rotatable bonds is 7. The summed E-state index contributed by atoms with van der Waals surface area (Å²) in [7, 11) is 0. The number of allylic oxidation sites excluding steroid dienone is 1. The second-order valence-corrected chi connectivity index (χ2v) is 5.10. The van der Waals surface area contributed by atoms with E-state index in [-0.39, 0.29) is 11.9 Å². The Labute approximate surface area is 114 Å². The molecule has 0 bridgehead atoms. The number of benzene rings is 1. The molecule has 1 aromatic carbocycles. The molecule has 1 atom stereocenters. The highest BCUT2D eigenvalue weighted by Crippen LogP contribution is 2.25. The summed E-state index contributed by atoms with van der Waals surface area (Å²) in [5, 5.41) is 3.81. The van der Waals surface area contributed by atoms with Gasteiger partial charge in [0.2, 0.25) is 0 Å². The van der Waals surface area contributed by atoms with E-state index in [9.17, 15) is 4.39 Å². The highest BCUT2D eigenvalue weighted by molar-refractivity contribution is 6.30. The molecule has 3 heteroatoms. The normalized spacial score (nSPS) is 12.4. The average molecular weight is 270 g/mol. The second kappa shape index (κ2) is 7.55. The Morgan fingerprint density at radius 3 is 2.78 bits per heavy atom. The Balaban J connectivity index is 2.82. The maximum atomic E-state index is 13.9. The minimum atomic E-state index is -0.238. The van der Waals surface area contributed by atoms with Gasteiger partial charge in [-0.15, -0.1) is 6.58 Å². The van der Waals surface area contributed by atoms with Crippen LogP contribution in [-0.2, 0) is 0 Å². The number of halogens is 2. The van der Waals surface area contributed by atoms with Crippen molar-refractivity contribution in [1.82, 2.24) is 5.32 Å². The first-order chi connectivity index (χ1) is 8.54. The van der Waals surface area contributed by atoms with E-state index in [1.165, 1.54) is 6.07 Å².